The topological polar surface area (TPSA) is 97.6 Å². The Morgan fingerprint density at radius 1 is 1.42 bits per heavy atom. The molecule has 1 aliphatic heterocycles. The lowest BCUT2D eigenvalue weighted by molar-refractivity contribution is 0.0169. The van der Waals surface area contributed by atoms with Crippen molar-refractivity contribution in [1.29, 1.82) is 0 Å². The molecular formula is C22H23BrClFN4O4. The second kappa shape index (κ2) is 10.8. The molecule has 1 aliphatic rings. The van der Waals surface area contributed by atoms with Crippen LogP contribution in [0, 0.1) is 5.82 Å². The van der Waals surface area contributed by atoms with Gasteiger partial charge in [-0.15, -0.1) is 0 Å². The van der Waals surface area contributed by atoms with Gasteiger partial charge in [-0.3, -0.25) is 9.63 Å². The molecule has 3 aromatic rings. The Morgan fingerprint density at radius 3 is 3.00 bits per heavy atom. The number of hydrogen-bond donors (Lipinski definition) is 3. The number of aromatic nitrogens is 2. The Morgan fingerprint density at radius 2 is 2.27 bits per heavy atom. The van der Waals surface area contributed by atoms with Gasteiger partial charge in [0, 0.05) is 17.6 Å². The second-order valence-electron chi connectivity index (χ2n) is 7.59. The molecule has 0 radical (unpaired) electrons. The van der Waals surface area contributed by atoms with E-state index in [0.717, 1.165) is 30.3 Å². The predicted molar refractivity (Wildman–Crippen MR) is 126 cm³/mol. The van der Waals surface area contributed by atoms with Crippen LogP contribution >= 0.6 is 27.5 Å². The number of hydrogen-bond acceptors (Lipinski definition) is 6. The largest absolute Gasteiger partial charge is 0.394 e. The second-order valence-corrected chi connectivity index (χ2v) is 8.92. The minimum absolute atomic E-state index is 0.00999. The van der Waals surface area contributed by atoms with Gasteiger partial charge in [-0.25, -0.2) is 14.9 Å². The maximum atomic E-state index is 15.7. The van der Waals surface area contributed by atoms with Crippen molar-refractivity contribution in [3.63, 3.8) is 0 Å². The molecule has 3 N–H and O–H groups in total. The van der Waals surface area contributed by atoms with Crippen LogP contribution in [0.2, 0.25) is 5.02 Å². The number of aliphatic hydroxyl groups excluding tert-OH is 1. The Labute approximate surface area is 203 Å². The number of halogens is 3. The molecule has 1 fully saturated rings. The number of imidazole rings is 1. The van der Waals surface area contributed by atoms with Gasteiger partial charge in [-0.2, -0.15) is 0 Å². The zero-order chi connectivity index (χ0) is 23.4. The number of aryl methyl sites for hydroxylation is 1. The highest BCUT2D eigenvalue weighted by Gasteiger charge is 2.23. The molecule has 1 unspecified atom stereocenters. The van der Waals surface area contributed by atoms with Crippen LogP contribution < -0.4 is 10.8 Å². The first-order chi connectivity index (χ1) is 16.0. The highest BCUT2D eigenvalue weighted by Crippen LogP contribution is 2.34. The van der Waals surface area contributed by atoms with Crippen molar-refractivity contribution in [2.24, 2.45) is 0 Å². The Kier molecular flexibility index (Phi) is 7.82. The van der Waals surface area contributed by atoms with E-state index in [-0.39, 0.29) is 36.1 Å². The van der Waals surface area contributed by atoms with Crippen molar-refractivity contribution in [1.82, 2.24) is 15.0 Å². The van der Waals surface area contributed by atoms with Crippen LogP contribution in [-0.4, -0.2) is 46.5 Å². The zero-order valence-electron chi connectivity index (χ0n) is 17.6. The summed E-state index contributed by atoms with van der Waals surface area (Å²) in [7, 11) is 0. The number of benzene rings is 2. The molecule has 1 amide bonds. The van der Waals surface area contributed by atoms with E-state index < -0.39 is 11.7 Å². The Balaban J connectivity index is 1.71. The molecule has 33 heavy (non-hydrogen) atoms. The summed E-state index contributed by atoms with van der Waals surface area (Å²) in [6.45, 7) is 0.962. The number of carbonyl (C=O) groups is 1. The fourth-order valence-corrected chi connectivity index (χ4v) is 4.46. The van der Waals surface area contributed by atoms with Crippen molar-refractivity contribution in [2.45, 2.75) is 31.9 Å². The number of anilines is 2. The van der Waals surface area contributed by atoms with E-state index in [2.05, 4.69) is 31.7 Å². The first-order valence-electron chi connectivity index (χ1n) is 10.5. The molecule has 8 nitrogen and oxygen atoms in total. The fourth-order valence-electron chi connectivity index (χ4n) is 3.73. The van der Waals surface area contributed by atoms with Gasteiger partial charge in [-0.05, 0) is 43.5 Å². The Hall–Kier alpha value is -2.24. The van der Waals surface area contributed by atoms with Gasteiger partial charge in [0.05, 0.1) is 53.1 Å². The molecule has 176 valence electrons. The van der Waals surface area contributed by atoms with Gasteiger partial charge in [0.1, 0.15) is 5.52 Å². The average Bonchev–Trinajstić information content (AvgIpc) is 3.45. The van der Waals surface area contributed by atoms with Crippen molar-refractivity contribution < 1.29 is 23.9 Å². The molecule has 1 saturated heterocycles. The van der Waals surface area contributed by atoms with E-state index in [1.807, 2.05) is 4.57 Å². The smallest absolute Gasteiger partial charge is 0.277 e. The SMILES string of the molecule is O=C(NOCCO)c1cc2c(ncn2CCC2CCCO2)c(F)c1Nc1ccc(Br)cc1Cl. The summed E-state index contributed by atoms with van der Waals surface area (Å²) >= 11 is 9.63. The third-order valence-corrected chi connectivity index (χ3v) is 6.17. The van der Waals surface area contributed by atoms with Gasteiger partial charge in [0.2, 0.25) is 0 Å². The average molecular weight is 542 g/mol. The number of carbonyl (C=O) groups excluding carboxylic acids is 1. The molecule has 4 rings (SSSR count). The summed E-state index contributed by atoms with van der Waals surface area (Å²) in [4.78, 5) is 22.1. The van der Waals surface area contributed by atoms with Crippen molar-refractivity contribution in [3.8, 4) is 0 Å². The number of fused-ring (bicyclic) bond motifs is 1. The molecule has 0 aliphatic carbocycles. The third kappa shape index (κ3) is 5.47. The van der Waals surface area contributed by atoms with Crippen LogP contribution in [0.4, 0.5) is 15.8 Å². The molecule has 0 bridgehead atoms. The molecule has 0 saturated carbocycles. The van der Waals surface area contributed by atoms with E-state index in [1.165, 1.54) is 0 Å². The molecule has 1 atom stereocenters. The summed E-state index contributed by atoms with van der Waals surface area (Å²) in [5.74, 6) is -1.36. The molecule has 0 spiro atoms. The zero-order valence-corrected chi connectivity index (χ0v) is 20.0. The highest BCUT2D eigenvalue weighted by molar-refractivity contribution is 9.10. The summed E-state index contributed by atoms with van der Waals surface area (Å²) in [6, 6.07) is 6.63. The number of aliphatic hydroxyl groups is 1. The maximum Gasteiger partial charge on any atom is 0.277 e. The molecule has 2 aromatic carbocycles. The third-order valence-electron chi connectivity index (χ3n) is 5.37. The summed E-state index contributed by atoms with van der Waals surface area (Å²) in [5, 5.41) is 12.2. The summed E-state index contributed by atoms with van der Waals surface area (Å²) in [5.41, 5.74) is 3.19. The van der Waals surface area contributed by atoms with E-state index in [4.69, 9.17) is 26.3 Å². The standard InChI is InChI=1S/C22H23BrClFN4O4/c23-13-3-4-17(16(24)10-13)27-20-15(22(31)28-33-9-7-30)11-18-21(19(20)25)26-12-29(18)6-5-14-2-1-8-32-14/h3-4,10-12,14,27,30H,1-2,5-9H2,(H,28,31). The van der Waals surface area contributed by atoms with E-state index in [9.17, 15) is 4.79 Å². The number of hydroxylamine groups is 1. The number of nitrogens with zero attached hydrogens (tertiary/aromatic N) is 2. The first-order valence-corrected chi connectivity index (χ1v) is 11.7. The van der Waals surface area contributed by atoms with Crippen LogP contribution in [0.5, 0.6) is 0 Å². The lowest BCUT2D eigenvalue weighted by atomic mass is 10.1. The lowest BCUT2D eigenvalue weighted by Crippen LogP contribution is -2.26. The van der Waals surface area contributed by atoms with Crippen molar-refractivity contribution in [3.05, 3.63) is 51.5 Å². The van der Waals surface area contributed by atoms with E-state index >= 15 is 4.39 Å². The number of rotatable bonds is 9. The summed E-state index contributed by atoms with van der Waals surface area (Å²) < 4.78 is 23.9. The highest BCUT2D eigenvalue weighted by atomic mass is 79.9. The first kappa shape index (κ1) is 23.9. The number of nitrogens with one attached hydrogen (secondary N) is 2. The number of amides is 1. The molecule has 2 heterocycles. The number of ether oxygens (including phenoxy) is 1. The predicted octanol–water partition coefficient (Wildman–Crippen LogP) is 4.56. The normalized spacial score (nSPS) is 15.8. The van der Waals surface area contributed by atoms with Gasteiger partial charge >= 0.3 is 0 Å². The Bertz CT molecular complexity index is 1150. The fraction of sp³-hybridized carbons (Fsp3) is 0.364. The van der Waals surface area contributed by atoms with Crippen LogP contribution in [0.25, 0.3) is 11.0 Å². The summed E-state index contributed by atoms with van der Waals surface area (Å²) in [6.07, 6.45) is 4.53. The van der Waals surface area contributed by atoms with Crippen LogP contribution in [-0.2, 0) is 16.1 Å². The minimum Gasteiger partial charge on any atom is -0.394 e. The monoisotopic (exact) mass is 540 g/mol. The van der Waals surface area contributed by atoms with Crippen LogP contribution in [0.15, 0.2) is 35.1 Å². The molecule has 1 aromatic heterocycles. The molecule has 11 heteroatoms. The van der Waals surface area contributed by atoms with Gasteiger partial charge < -0.3 is 19.7 Å². The van der Waals surface area contributed by atoms with Crippen LogP contribution in [0.1, 0.15) is 29.6 Å². The van der Waals surface area contributed by atoms with Gasteiger partial charge in [-0.1, -0.05) is 27.5 Å². The van der Waals surface area contributed by atoms with E-state index in [1.54, 1.807) is 30.6 Å². The van der Waals surface area contributed by atoms with Crippen molar-refractivity contribution >= 4 is 55.8 Å². The van der Waals surface area contributed by atoms with Gasteiger partial charge in [0.15, 0.2) is 5.82 Å². The minimum atomic E-state index is -0.686. The van der Waals surface area contributed by atoms with E-state index in [0.29, 0.717) is 22.8 Å². The van der Waals surface area contributed by atoms with Crippen LogP contribution in [0.3, 0.4) is 0 Å². The lowest BCUT2D eigenvalue weighted by Gasteiger charge is -2.16. The quantitative estimate of drug-likeness (QED) is 0.271. The van der Waals surface area contributed by atoms with Crippen molar-refractivity contribution in [2.75, 3.05) is 25.1 Å². The molecular weight excluding hydrogens is 519 g/mol. The maximum absolute atomic E-state index is 15.7. The van der Waals surface area contributed by atoms with Gasteiger partial charge in [0.25, 0.3) is 5.91 Å².